The van der Waals surface area contributed by atoms with Gasteiger partial charge in [-0.25, -0.2) is 14.0 Å². The number of allylic oxidation sites excluding steroid dienone is 1. The van der Waals surface area contributed by atoms with Crippen molar-refractivity contribution in [2.45, 2.75) is 32.7 Å². The Balaban J connectivity index is 1.37. The van der Waals surface area contributed by atoms with Gasteiger partial charge in [-0.1, -0.05) is 24.3 Å². The van der Waals surface area contributed by atoms with Gasteiger partial charge < -0.3 is 34.7 Å². The molecule has 2 atom stereocenters. The lowest BCUT2D eigenvalue weighted by Gasteiger charge is -2.28. The molecule has 14 heteroatoms. The van der Waals surface area contributed by atoms with Gasteiger partial charge in [0.25, 0.3) is 0 Å². The fourth-order valence-corrected chi connectivity index (χ4v) is 6.15. The zero-order valence-electron chi connectivity index (χ0n) is 24.5. The van der Waals surface area contributed by atoms with Crippen molar-refractivity contribution in [1.29, 1.82) is 0 Å². The van der Waals surface area contributed by atoms with E-state index in [0.717, 1.165) is 9.13 Å². The van der Waals surface area contributed by atoms with E-state index in [4.69, 9.17) is 18.9 Å². The Morgan fingerprint density at radius 3 is 2.67 bits per heavy atom. The fraction of sp³-hybridized carbons (Fsp3) is 0.258. The van der Waals surface area contributed by atoms with Crippen LogP contribution in [0.3, 0.4) is 0 Å². The number of ether oxygens (including phenoxy) is 4. The second-order valence-electron chi connectivity index (χ2n) is 9.61. The highest BCUT2D eigenvalue weighted by Gasteiger charge is 2.32. The molecule has 1 heterocycles. The summed E-state index contributed by atoms with van der Waals surface area (Å²) in [6.45, 7) is 3.66. The van der Waals surface area contributed by atoms with Crippen molar-refractivity contribution in [3.8, 4) is 17.2 Å². The van der Waals surface area contributed by atoms with Crippen molar-refractivity contribution in [2.24, 2.45) is 5.10 Å². The molecule has 3 aromatic rings. The van der Waals surface area contributed by atoms with Gasteiger partial charge in [-0.3, -0.25) is 5.43 Å². The van der Waals surface area contributed by atoms with Crippen LogP contribution in [0.4, 0.5) is 9.18 Å². The zero-order chi connectivity index (χ0) is 32.5. The number of amides is 2. The number of hydrogen-bond donors (Lipinski definition) is 4. The topological polar surface area (TPSA) is 140 Å². The van der Waals surface area contributed by atoms with Crippen LogP contribution in [-0.2, 0) is 16.1 Å². The Bertz CT molecular complexity index is 1600. The van der Waals surface area contributed by atoms with E-state index in [0.29, 0.717) is 45.2 Å². The maximum absolute atomic E-state index is 13.9. The summed E-state index contributed by atoms with van der Waals surface area (Å²) in [5.74, 6) is 0.362. The van der Waals surface area contributed by atoms with Gasteiger partial charge >= 0.3 is 12.0 Å². The van der Waals surface area contributed by atoms with Gasteiger partial charge in [0, 0.05) is 11.3 Å². The van der Waals surface area contributed by atoms with E-state index in [1.807, 2.05) is 6.07 Å². The van der Waals surface area contributed by atoms with Crippen molar-refractivity contribution in [2.75, 3.05) is 20.3 Å². The molecule has 0 spiro atoms. The zero-order valence-corrected chi connectivity index (χ0v) is 28.3. The van der Waals surface area contributed by atoms with Crippen LogP contribution in [0, 0.1) is 9.39 Å². The molecule has 0 bridgehead atoms. The third-order valence-corrected chi connectivity index (χ3v) is 7.85. The van der Waals surface area contributed by atoms with Gasteiger partial charge in [-0.05, 0) is 93.8 Å². The molecule has 0 saturated carbocycles. The summed E-state index contributed by atoms with van der Waals surface area (Å²) in [6, 6.07) is 13.8. The third-order valence-electron chi connectivity index (χ3n) is 6.46. The van der Waals surface area contributed by atoms with Crippen molar-refractivity contribution < 1.29 is 38.0 Å². The summed E-state index contributed by atoms with van der Waals surface area (Å²) in [4.78, 5) is 24.6. The first-order valence-corrected chi connectivity index (χ1v) is 15.6. The lowest BCUT2D eigenvalue weighted by Crippen LogP contribution is -2.45. The number of halogens is 3. The van der Waals surface area contributed by atoms with Crippen LogP contribution >= 0.6 is 38.5 Å². The number of urea groups is 1. The predicted octanol–water partition coefficient (Wildman–Crippen LogP) is 5.29. The number of hydrazone groups is 1. The molecule has 4 N–H and O–H groups in total. The van der Waals surface area contributed by atoms with E-state index in [9.17, 15) is 19.1 Å². The van der Waals surface area contributed by atoms with E-state index in [-0.39, 0.29) is 24.6 Å². The Morgan fingerprint density at radius 2 is 1.96 bits per heavy atom. The average molecular weight is 797 g/mol. The number of methoxy groups -OCH3 is 1. The fourth-order valence-electron chi connectivity index (χ4n) is 4.38. The van der Waals surface area contributed by atoms with Gasteiger partial charge in [0.15, 0.2) is 17.7 Å². The quantitative estimate of drug-likeness (QED) is 0.0602. The second kappa shape index (κ2) is 15.9. The van der Waals surface area contributed by atoms with Gasteiger partial charge in [0.05, 0.1) is 39.6 Å². The molecular weight excluding hydrogens is 766 g/mol. The van der Waals surface area contributed by atoms with Crippen LogP contribution in [0.15, 0.2) is 75.4 Å². The lowest BCUT2D eigenvalue weighted by molar-refractivity contribution is -0.136. The molecule has 0 unspecified atom stereocenters. The highest BCUT2D eigenvalue weighted by Crippen LogP contribution is 2.35. The van der Waals surface area contributed by atoms with Crippen LogP contribution in [0.2, 0.25) is 0 Å². The molecule has 45 heavy (non-hydrogen) atoms. The summed E-state index contributed by atoms with van der Waals surface area (Å²) in [6.07, 6.45) is 0.361. The SMILES string of the molecule is CCOc1cc([C@@H]2NC(=O)NC(C)=C2C(=O)OC)ccc1OC[C@H](O)N/N=C\c1cc(Br)c(OCc2ccccc2F)c(I)c1. The minimum absolute atomic E-state index is 0.0794. The first-order chi connectivity index (χ1) is 21.6. The lowest BCUT2D eigenvalue weighted by atomic mass is 9.95. The summed E-state index contributed by atoms with van der Waals surface area (Å²) >= 11 is 5.62. The number of esters is 1. The summed E-state index contributed by atoms with van der Waals surface area (Å²) < 4.78 is 37.7. The molecule has 1 aliphatic heterocycles. The molecule has 1 aliphatic rings. The highest BCUT2D eigenvalue weighted by molar-refractivity contribution is 14.1. The van der Waals surface area contributed by atoms with Crippen molar-refractivity contribution >= 4 is 56.7 Å². The van der Waals surface area contributed by atoms with Crippen LogP contribution < -0.4 is 30.3 Å². The highest BCUT2D eigenvalue weighted by atomic mass is 127. The number of carbonyl (C=O) groups is 2. The Morgan fingerprint density at radius 1 is 1.18 bits per heavy atom. The number of aliphatic hydroxyl groups is 1. The Kier molecular flexibility index (Phi) is 12.0. The maximum Gasteiger partial charge on any atom is 0.337 e. The summed E-state index contributed by atoms with van der Waals surface area (Å²) in [5.41, 5.74) is 5.01. The van der Waals surface area contributed by atoms with Crippen LogP contribution in [0.5, 0.6) is 17.2 Å². The average Bonchev–Trinajstić information content (AvgIpc) is 3.00. The molecule has 4 rings (SSSR count). The Hall–Kier alpha value is -3.89. The maximum atomic E-state index is 13.9. The normalized spacial score (nSPS) is 15.3. The molecule has 0 radical (unpaired) electrons. The summed E-state index contributed by atoms with van der Waals surface area (Å²) in [5, 5.41) is 19.9. The number of carbonyl (C=O) groups excluding carboxylic acids is 2. The van der Waals surface area contributed by atoms with E-state index in [1.54, 1.807) is 56.3 Å². The van der Waals surface area contributed by atoms with Gasteiger partial charge in [0.1, 0.15) is 24.8 Å². The van der Waals surface area contributed by atoms with Crippen LogP contribution in [0.25, 0.3) is 0 Å². The smallest absolute Gasteiger partial charge is 0.337 e. The number of hydrogen-bond acceptors (Lipinski definition) is 9. The van der Waals surface area contributed by atoms with Gasteiger partial charge in [-0.2, -0.15) is 5.10 Å². The predicted molar refractivity (Wildman–Crippen MR) is 177 cm³/mol. The molecule has 0 saturated heterocycles. The number of aliphatic hydroxyl groups excluding tert-OH is 1. The third kappa shape index (κ3) is 8.85. The number of benzene rings is 3. The van der Waals surface area contributed by atoms with E-state index in [2.05, 4.69) is 59.7 Å². The van der Waals surface area contributed by atoms with Gasteiger partial charge in [0.2, 0.25) is 0 Å². The van der Waals surface area contributed by atoms with Crippen molar-refractivity contribution in [3.63, 3.8) is 0 Å². The van der Waals surface area contributed by atoms with Gasteiger partial charge in [-0.15, -0.1) is 0 Å². The number of nitrogens with one attached hydrogen (secondary N) is 3. The van der Waals surface area contributed by atoms with E-state index < -0.39 is 24.3 Å². The van der Waals surface area contributed by atoms with E-state index in [1.165, 1.54) is 19.4 Å². The van der Waals surface area contributed by atoms with E-state index >= 15 is 0 Å². The van der Waals surface area contributed by atoms with Crippen molar-refractivity contribution in [1.82, 2.24) is 16.1 Å². The first kappa shape index (κ1) is 34.0. The molecule has 238 valence electrons. The largest absolute Gasteiger partial charge is 0.490 e. The first-order valence-electron chi connectivity index (χ1n) is 13.7. The van der Waals surface area contributed by atoms with Crippen LogP contribution in [0.1, 0.15) is 36.6 Å². The minimum atomic E-state index is -1.17. The summed E-state index contributed by atoms with van der Waals surface area (Å²) in [7, 11) is 1.27. The molecule has 0 aromatic heterocycles. The molecule has 2 amide bonds. The Labute approximate surface area is 281 Å². The van der Waals surface area contributed by atoms with Crippen LogP contribution in [-0.4, -0.2) is 49.9 Å². The molecular formula is C31H31BrFIN4O7. The second-order valence-corrected chi connectivity index (χ2v) is 11.6. The van der Waals surface area contributed by atoms with Crippen molar-refractivity contribution in [3.05, 3.63) is 96.4 Å². The number of nitrogens with zero attached hydrogens (tertiary/aromatic N) is 1. The standard InChI is InChI=1S/C31H31BrFIN4O7/c1-4-43-25-13-19(28-27(30(40)42-3)17(2)36-31(41)37-28)9-10-24(25)44-16-26(39)38-35-14-18-11-21(32)29(23(34)12-18)45-15-20-7-5-6-8-22(20)33/h5-14,26,28,38-39H,4,15-16H2,1-3H3,(H2,36,37,41)/b35-14-/t26-,28-/m0/s1. The number of rotatable bonds is 13. The monoisotopic (exact) mass is 796 g/mol. The molecule has 11 nitrogen and oxygen atoms in total. The minimum Gasteiger partial charge on any atom is -0.490 e. The molecule has 0 aliphatic carbocycles. The molecule has 0 fully saturated rings. The molecule has 3 aromatic carbocycles.